The molecule has 0 bridgehead atoms. The lowest BCUT2D eigenvalue weighted by molar-refractivity contribution is 0.648. The van der Waals surface area contributed by atoms with Crippen LogP contribution in [-0.4, -0.2) is 14.8 Å². The van der Waals surface area contributed by atoms with Crippen LogP contribution in [0.5, 0.6) is 0 Å². The van der Waals surface area contributed by atoms with E-state index in [1.807, 2.05) is 7.05 Å². The molecule has 0 atom stereocenters. The molecule has 5 heteroatoms. The highest BCUT2D eigenvalue weighted by molar-refractivity contribution is 9.10. The van der Waals surface area contributed by atoms with Crippen LogP contribution in [0.15, 0.2) is 29.0 Å². The van der Waals surface area contributed by atoms with Gasteiger partial charge in [-0.1, -0.05) is 28.1 Å². The molecule has 1 heterocycles. The summed E-state index contributed by atoms with van der Waals surface area (Å²) < 4.78 is 2.85. The summed E-state index contributed by atoms with van der Waals surface area (Å²) in [5, 5.41) is 7.53. The molecule has 0 aliphatic heterocycles. The molecule has 0 aliphatic rings. The Bertz CT molecular complexity index is 507. The van der Waals surface area contributed by atoms with Crippen LogP contribution in [0.2, 0.25) is 0 Å². The second kappa shape index (κ2) is 5.42. The molecule has 1 aromatic heterocycles. The Kier molecular flexibility index (Phi) is 3.91. The SMILES string of the molecule is Cc1ccc(CNCc2ncn(C)n2)c(Br)c1. The second-order valence-corrected chi connectivity index (χ2v) is 4.89. The van der Waals surface area contributed by atoms with Crippen LogP contribution < -0.4 is 5.32 Å². The minimum absolute atomic E-state index is 0.682. The van der Waals surface area contributed by atoms with E-state index in [9.17, 15) is 0 Å². The lowest BCUT2D eigenvalue weighted by Gasteiger charge is -2.06. The molecule has 17 heavy (non-hydrogen) atoms. The highest BCUT2D eigenvalue weighted by Gasteiger charge is 2.01. The molecular weight excluding hydrogens is 280 g/mol. The fourth-order valence-electron chi connectivity index (χ4n) is 1.57. The van der Waals surface area contributed by atoms with Gasteiger partial charge in [0.15, 0.2) is 5.82 Å². The van der Waals surface area contributed by atoms with E-state index in [0.29, 0.717) is 6.54 Å². The summed E-state index contributed by atoms with van der Waals surface area (Å²) in [6.07, 6.45) is 1.71. The van der Waals surface area contributed by atoms with Gasteiger partial charge in [-0.2, -0.15) is 5.10 Å². The van der Waals surface area contributed by atoms with Crippen LogP contribution >= 0.6 is 15.9 Å². The summed E-state index contributed by atoms with van der Waals surface area (Å²) in [5.74, 6) is 0.815. The minimum atomic E-state index is 0.682. The van der Waals surface area contributed by atoms with Gasteiger partial charge in [-0.05, 0) is 24.1 Å². The Morgan fingerprint density at radius 3 is 2.82 bits per heavy atom. The van der Waals surface area contributed by atoms with Crippen LogP contribution in [0.1, 0.15) is 17.0 Å². The maximum absolute atomic E-state index is 4.21. The first-order valence-corrected chi connectivity index (χ1v) is 6.25. The van der Waals surface area contributed by atoms with Gasteiger partial charge >= 0.3 is 0 Å². The van der Waals surface area contributed by atoms with E-state index in [1.54, 1.807) is 11.0 Å². The van der Waals surface area contributed by atoms with Crippen molar-refractivity contribution in [2.75, 3.05) is 0 Å². The summed E-state index contributed by atoms with van der Waals surface area (Å²) in [4.78, 5) is 4.16. The standard InChI is InChI=1S/C12H15BrN4/c1-9-3-4-10(11(13)5-9)6-14-7-12-15-8-17(2)16-12/h3-5,8,14H,6-7H2,1-2H3. The molecule has 0 unspecified atom stereocenters. The van der Waals surface area contributed by atoms with Crippen molar-refractivity contribution >= 4 is 15.9 Å². The van der Waals surface area contributed by atoms with Crippen molar-refractivity contribution < 1.29 is 0 Å². The summed E-state index contributed by atoms with van der Waals surface area (Å²) in [6, 6.07) is 6.36. The summed E-state index contributed by atoms with van der Waals surface area (Å²) >= 11 is 3.56. The Labute approximate surface area is 109 Å². The molecule has 90 valence electrons. The monoisotopic (exact) mass is 294 g/mol. The van der Waals surface area contributed by atoms with Crippen molar-refractivity contribution in [2.24, 2.45) is 7.05 Å². The molecule has 0 radical (unpaired) electrons. The van der Waals surface area contributed by atoms with Crippen molar-refractivity contribution in [2.45, 2.75) is 20.0 Å². The van der Waals surface area contributed by atoms with Gasteiger partial charge in [-0.15, -0.1) is 0 Å². The number of nitrogens with one attached hydrogen (secondary N) is 1. The van der Waals surface area contributed by atoms with Crippen LogP contribution in [0.4, 0.5) is 0 Å². The van der Waals surface area contributed by atoms with Gasteiger partial charge in [0.05, 0.1) is 6.54 Å². The first-order valence-electron chi connectivity index (χ1n) is 5.45. The third-order valence-corrected chi connectivity index (χ3v) is 3.19. The molecule has 2 aromatic rings. The molecule has 1 N–H and O–H groups in total. The molecular formula is C12H15BrN4. The molecule has 0 aliphatic carbocycles. The fourth-order valence-corrected chi connectivity index (χ4v) is 2.20. The zero-order valence-electron chi connectivity index (χ0n) is 9.94. The largest absolute Gasteiger partial charge is 0.306 e. The van der Waals surface area contributed by atoms with Gasteiger partial charge in [0.2, 0.25) is 0 Å². The third kappa shape index (κ3) is 3.38. The zero-order valence-corrected chi connectivity index (χ0v) is 11.5. The van der Waals surface area contributed by atoms with E-state index < -0.39 is 0 Å². The number of hydrogen-bond donors (Lipinski definition) is 1. The van der Waals surface area contributed by atoms with Crippen LogP contribution in [-0.2, 0) is 20.1 Å². The average molecular weight is 295 g/mol. The van der Waals surface area contributed by atoms with Crippen LogP contribution in [0.3, 0.4) is 0 Å². The molecule has 2 rings (SSSR count). The highest BCUT2D eigenvalue weighted by atomic mass is 79.9. The van der Waals surface area contributed by atoms with E-state index in [0.717, 1.165) is 16.8 Å². The molecule has 0 amide bonds. The molecule has 0 fully saturated rings. The van der Waals surface area contributed by atoms with Gasteiger partial charge in [-0.3, -0.25) is 4.68 Å². The van der Waals surface area contributed by atoms with Gasteiger partial charge < -0.3 is 5.32 Å². The Morgan fingerprint density at radius 2 is 2.18 bits per heavy atom. The van der Waals surface area contributed by atoms with E-state index in [-0.39, 0.29) is 0 Å². The second-order valence-electron chi connectivity index (χ2n) is 4.03. The van der Waals surface area contributed by atoms with Crippen molar-refractivity contribution in [3.05, 3.63) is 46.0 Å². The molecule has 4 nitrogen and oxygen atoms in total. The lowest BCUT2D eigenvalue weighted by Crippen LogP contribution is -2.14. The van der Waals surface area contributed by atoms with Gasteiger partial charge in [-0.25, -0.2) is 4.98 Å². The smallest absolute Gasteiger partial charge is 0.164 e. The quantitative estimate of drug-likeness (QED) is 0.940. The molecule has 0 spiro atoms. The predicted molar refractivity (Wildman–Crippen MR) is 70.4 cm³/mol. The number of halogens is 1. The highest BCUT2D eigenvalue weighted by Crippen LogP contribution is 2.18. The Morgan fingerprint density at radius 1 is 1.35 bits per heavy atom. The zero-order chi connectivity index (χ0) is 12.3. The van der Waals surface area contributed by atoms with Gasteiger partial charge in [0.25, 0.3) is 0 Å². The van der Waals surface area contributed by atoms with Crippen molar-refractivity contribution in [1.82, 2.24) is 20.1 Å². The fraction of sp³-hybridized carbons (Fsp3) is 0.333. The number of rotatable bonds is 4. The number of aryl methyl sites for hydroxylation is 2. The maximum Gasteiger partial charge on any atom is 0.164 e. The van der Waals surface area contributed by atoms with Crippen molar-refractivity contribution in [3.63, 3.8) is 0 Å². The lowest BCUT2D eigenvalue weighted by atomic mass is 10.1. The summed E-state index contributed by atoms with van der Waals surface area (Å²) in [6.45, 7) is 3.57. The van der Waals surface area contributed by atoms with E-state index in [2.05, 4.69) is 56.5 Å². The summed E-state index contributed by atoms with van der Waals surface area (Å²) in [7, 11) is 1.87. The third-order valence-electron chi connectivity index (χ3n) is 2.45. The van der Waals surface area contributed by atoms with E-state index in [1.165, 1.54) is 11.1 Å². The first kappa shape index (κ1) is 12.3. The Hall–Kier alpha value is -1.20. The molecule has 1 aromatic carbocycles. The van der Waals surface area contributed by atoms with Crippen molar-refractivity contribution in [3.8, 4) is 0 Å². The minimum Gasteiger partial charge on any atom is -0.306 e. The molecule has 0 saturated heterocycles. The van der Waals surface area contributed by atoms with Gasteiger partial charge in [0, 0.05) is 18.1 Å². The topological polar surface area (TPSA) is 42.7 Å². The number of aromatic nitrogens is 3. The Balaban J connectivity index is 1.90. The average Bonchev–Trinajstić information content (AvgIpc) is 2.68. The van der Waals surface area contributed by atoms with Gasteiger partial charge in [0.1, 0.15) is 6.33 Å². The van der Waals surface area contributed by atoms with Crippen LogP contribution in [0, 0.1) is 6.92 Å². The predicted octanol–water partition coefficient (Wildman–Crippen LogP) is 2.18. The first-order chi connectivity index (χ1) is 8.15. The van der Waals surface area contributed by atoms with E-state index in [4.69, 9.17) is 0 Å². The normalized spacial score (nSPS) is 10.8. The summed E-state index contributed by atoms with van der Waals surface area (Å²) in [5.41, 5.74) is 2.50. The number of nitrogens with zero attached hydrogens (tertiary/aromatic N) is 3. The number of benzene rings is 1. The van der Waals surface area contributed by atoms with Crippen LogP contribution in [0.25, 0.3) is 0 Å². The van der Waals surface area contributed by atoms with Crippen molar-refractivity contribution in [1.29, 1.82) is 0 Å². The maximum atomic E-state index is 4.21. The molecule has 0 saturated carbocycles. The number of hydrogen-bond acceptors (Lipinski definition) is 3. The van der Waals surface area contributed by atoms with E-state index >= 15 is 0 Å².